The first-order valence-corrected chi connectivity index (χ1v) is 12.1. The van der Waals surface area contributed by atoms with Gasteiger partial charge in [-0.25, -0.2) is 8.42 Å². The number of hydrogen-bond donors (Lipinski definition) is 1. The Morgan fingerprint density at radius 2 is 1.81 bits per heavy atom. The van der Waals surface area contributed by atoms with Gasteiger partial charge >= 0.3 is 0 Å². The summed E-state index contributed by atoms with van der Waals surface area (Å²) in [5, 5.41) is 14.0. The molecule has 8 nitrogen and oxygen atoms in total. The molecule has 0 unspecified atom stereocenters. The SMILES string of the molecule is CCCCc1ccc(NC(=O)[C@@H](CC)N(c2cc([N+](=O)[O-])ccc2C)S(C)(=O)=O)cc1. The molecule has 0 saturated carbocycles. The van der Waals surface area contributed by atoms with Gasteiger partial charge in [-0.1, -0.05) is 38.5 Å². The van der Waals surface area contributed by atoms with E-state index in [2.05, 4.69) is 12.2 Å². The van der Waals surface area contributed by atoms with Gasteiger partial charge in [-0.15, -0.1) is 0 Å². The van der Waals surface area contributed by atoms with Crippen LogP contribution in [0.25, 0.3) is 0 Å². The highest BCUT2D eigenvalue weighted by Gasteiger charge is 2.33. The number of nitro benzene ring substituents is 1. The average molecular weight is 448 g/mol. The largest absolute Gasteiger partial charge is 0.324 e. The lowest BCUT2D eigenvalue weighted by atomic mass is 10.1. The molecule has 0 aliphatic rings. The molecule has 0 radical (unpaired) electrons. The molecule has 0 aromatic heterocycles. The van der Waals surface area contributed by atoms with Crippen molar-refractivity contribution >= 4 is 33.0 Å². The second-order valence-electron chi connectivity index (χ2n) is 7.50. The van der Waals surface area contributed by atoms with Crippen LogP contribution in [0.3, 0.4) is 0 Å². The van der Waals surface area contributed by atoms with Crippen molar-refractivity contribution in [3.05, 3.63) is 63.7 Å². The van der Waals surface area contributed by atoms with Gasteiger partial charge in [0.05, 0.1) is 16.9 Å². The summed E-state index contributed by atoms with van der Waals surface area (Å²) in [4.78, 5) is 23.7. The van der Waals surface area contributed by atoms with E-state index in [4.69, 9.17) is 0 Å². The quantitative estimate of drug-likeness (QED) is 0.428. The van der Waals surface area contributed by atoms with Crippen molar-refractivity contribution in [1.82, 2.24) is 0 Å². The molecule has 2 rings (SSSR count). The van der Waals surface area contributed by atoms with E-state index >= 15 is 0 Å². The lowest BCUT2D eigenvalue weighted by Gasteiger charge is -2.31. The van der Waals surface area contributed by atoms with E-state index in [9.17, 15) is 23.3 Å². The summed E-state index contributed by atoms with van der Waals surface area (Å²) >= 11 is 0. The van der Waals surface area contributed by atoms with Gasteiger partial charge in [-0.3, -0.25) is 19.2 Å². The van der Waals surface area contributed by atoms with Crippen LogP contribution in [0.2, 0.25) is 0 Å². The standard InChI is InChI=1S/C22H29N3O5S/c1-5-7-8-17-10-12-18(13-11-17)23-22(26)20(6-2)24(31(4,29)30)21-15-19(25(27)28)14-9-16(21)3/h9-15,20H,5-8H2,1-4H3,(H,23,26)/t20-/m1/s1. The molecule has 0 fully saturated rings. The fourth-order valence-electron chi connectivity index (χ4n) is 3.35. The van der Waals surface area contributed by atoms with Crippen molar-refractivity contribution in [2.75, 3.05) is 15.9 Å². The average Bonchev–Trinajstić information content (AvgIpc) is 2.71. The highest BCUT2D eigenvalue weighted by atomic mass is 32.2. The minimum atomic E-state index is -3.90. The number of benzene rings is 2. The summed E-state index contributed by atoms with van der Waals surface area (Å²) in [6.07, 6.45) is 4.31. The van der Waals surface area contributed by atoms with E-state index in [0.717, 1.165) is 35.4 Å². The summed E-state index contributed by atoms with van der Waals surface area (Å²) in [6, 6.07) is 10.4. The normalized spacial score (nSPS) is 12.3. The number of sulfonamides is 1. The molecular formula is C22H29N3O5S. The Balaban J connectivity index is 2.36. The third kappa shape index (κ3) is 6.27. The number of nitrogens with zero attached hydrogens (tertiary/aromatic N) is 2. The third-order valence-corrected chi connectivity index (χ3v) is 6.18. The lowest BCUT2D eigenvalue weighted by Crippen LogP contribution is -2.47. The van der Waals surface area contributed by atoms with Crippen LogP contribution < -0.4 is 9.62 Å². The monoisotopic (exact) mass is 447 g/mol. The van der Waals surface area contributed by atoms with E-state index in [0.29, 0.717) is 11.3 Å². The van der Waals surface area contributed by atoms with Gasteiger partial charge in [0.15, 0.2) is 0 Å². The number of carbonyl (C=O) groups is 1. The van der Waals surface area contributed by atoms with Crippen molar-refractivity contribution < 1.29 is 18.1 Å². The van der Waals surface area contributed by atoms with Gasteiger partial charge in [0.25, 0.3) is 5.69 Å². The van der Waals surface area contributed by atoms with Crippen LogP contribution in [0.5, 0.6) is 0 Å². The molecule has 0 aliphatic heterocycles. The van der Waals surface area contributed by atoms with E-state index in [1.807, 2.05) is 12.1 Å². The Labute approximate surface area is 183 Å². The number of carbonyl (C=O) groups excluding carboxylic acids is 1. The van der Waals surface area contributed by atoms with Crippen molar-refractivity contribution in [1.29, 1.82) is 0 Å². The summed E-state index contributed by atoms with van der Waals surface area (Å²) in [6.45, 7) is 5.47. The molecule has 0 saturated heterocycles. The van der Waals surface area contributed by atoms with Crippen molar-refractivity contribution in [3.8, 4) is 0 Å². The number of hydrogen-bond acceptors (Lipinski definition) is 5. The van der Waals surface area contributed by atoms with Crippen LogP contribution in [0, 0.1) is 17.0 Å². The molecule has 1 amide bonds. The zero-order chi connectivity index (χ0) is 23.2. The van der Waals surface area contributed by atoms with Gasteiger partial charge in [0.1, 0.15) is 6.04 Å². The zero-order valence-electron chi connectivity index (χ0n) is 18.3. The maximum absolute atomic E-state index is 13.0. The van der Waals surface area contributed by atoms with Crippen molar-refractivity contribution in [3.63, 3.8) is 0 Å². The second kappa shape index (κ2) is 10.4. The number of unbranched alkanes of at least 4 members (excludes halogenated alkanes) is 1. The van der Waals surface area contributed by atoms with Gasteiger partial charge in [0, 0.05) is 17.8 Å². The van der Waals surface area contributed by atoms with Crippen LogP contribution >= 0.6 is 0 Å². The predicted molar refractivity (Wildman–Crippen MR) is 123 cm³/mol. The third-order valence-electron chi connectivity index (χ3n) is 5.01. The smallest absolute Gasteiger partial charge is 0.271 e. The molecule has 2 aromatic carbocycles. The minimum absolute atomic E-state index is 0.119. The topological polar surface area (TPSA) is 110 Å². The number of amides is 1. The number of nitrogens with one attached hydrogen (secondary N) is 1. The molecule has 2 aromatic rings. The summed E-state index contributed by atoms with van der Waals surface area (Å²) in [5.41, 5.74) is 2.12. The number of anilines is 2. The van der Waals surface area contributed by atoms with Gasteiger partial charge in [0.2, 0.25) is 15.9 Å². The number of non-ortho nitro benzene ring substituents is 1. The minimum Gasteiger partial charge on any atom is -0.324 e. The number of aryl methyl sites for hydroxylation is 2. The lowest BCUT2D eigenvalue weighted by molar-refractivity contribution is -0.384. The highest BCUT2D eigenvalue weighted by Crippen LogP contribution is 2.30. The first kappa shape index (κ1) is 24.3. The zero-order valence-corrected chi connectivity index (χ0v) is 19.1. The second-order valence-corrected chi connectivity index (χ2v) is 9.36. The van der Waals surface area contributed by atoms with Crippen LogP contribution in [-0.4, -0.2) is 31.5 Å². The Morgan fingerprint density at radius 3 is 2.32 bits per heavy atom. The summed E-state index contributed by atoms with van der Waals surface area (Å²) in [7, 11) is -3.90. The molecule has 168 valence electrons. The van der Waals surface area contributed by atoms with Gasteiger partial charge < -0.3 is 5.32 Å². The fraction of sp³-hybridized carbons (Fsp3) is 0.409. The van der Waals surface area contributed by atoms with Crippen LogP contribution in [0.4, 0.5) is 17.1 Å². The Hall–Kier alpha value is -2.94. The number of nitro groups is 1. The molecular weight excluding hydrogens is 418 g/mol. The van der Waals surface area contributed by atoms with Crippen LogP contribution in [0.15, 0.2) is 42.5 Å². The first-order chi connectivity index (χ1) is 14.6. The fourth-order valence-corrected chi connectivity index (χ4v) is 4.61. The molecule has 0 aliphatic carbocycles. The van der Waals surface area contributed by atoms with E-state index in [1.165, 1.54) is 18.2 Å². The highest BCUT2D eigenvalue weighted by molar-refractivity contribution is 7.92. The van der Waals surface area contributed by atoms with Crippen LogP contribution in [-0.2, 0) is 21.2 Å². The summed E-state index contributed by atoms with van der Waals surface area (Å²) in [5.74, 6) is -0.500. The maximum Gasteiger partial charge on any atom is 0.271 e. The Morgan fingerprint density at radius 1 is 1.16 bits per heavy atom. The molecule has 9 heteroatoms. The summed E-state index contributed by atoms with van der Waals surface area (Å²) < 4.78 is 26.3. The Kier molecular flexibility index (Phi) is 8.15. The molecule has 0 spiro atoms. The molecule has 0 heterocycles. The predicted octanol–water partition coefficient (Wildman–Crippen LogP) is 4.43. The van der Waals surface area contributed by atoms with E-state index in [-0.39, 0.29) is 17.8 Å². The van der Waals surface area contributed by atoms with Crippen molar-refractivity contribution in [2.24, 2.45) is 0 Å². The van der Waals surface area contributed by atoms with E-state index in [1.54, 1.807) is 26.0 Å². The van der Waals surface area contributed by atoms with Gasteiger partial charge in [-0.05, 0) is 49.4 Å². The molecule has 1 N–H and O–H groups in total. The first-order valence-electron chi connectivity index (χ1n) is 10.2. The molecule has 31 heavy (non-hydrogen) atoms. The van der Waals surface area contributed by atoms with Crippen LogP contribution in [0.1, 0.15) is 44.2 Å². The maximum atomic E-state index is 13.0. The molecule has 0 bridgehead atoms. The molecule has 1 atom stereocenters. The van der Waals surface area contributed by atoms with Gasteiger partial charge in [-0.2, -0.15) is 0 Å². The Bertz CT molecular complexity index is 1040. The van der Waals surface area contributed by atoms with E-state index < -0.39 is 26.9 Å². The van der Waals surface area contributed by atoms with Crippen molar-refractivity contribution in [2.45, 2.75) is 52.5 Å². The number of rotatable bonds is 10.